The van der Waals surface area contributed by atoms with E-state index in [0.29, 0.717) is 25.3 Å². The third-order valence-corrected chi connectivity index (χ3v) is 2.77. The van der Waals surface area contributed by atoms with Crippen molar-refractivity contribution < 1.29 is 14.7 Å². The van der Waals surface area contributed by atoms with Crippen molar-refractivity contribution in [2.75, 3.05) is 6.54 Å². The maximum atomic E-state index is 11.8. The zero-order chi connectivity index (χ0) is 12.1. The van der Waals surface area contributed by atoms with Gasteiger partial charge >= 0.3 is 5.97 Å². The van der Waals surface area contributed by atoms with Crippen LogP contribution in [-0.2, 0) is 9.59 Å². The Morgan fingerprint density at radius 2 is 1.88 bits per heavy atom. The first-order valence-corrected chi connectivity index (χ1v) is 5.68. The zero-order valence-electron chi connectivity index (χ0n) is 9.77. The highest BCUT2D eigenvalue weighted by Crippen LogP contribution is 2.25. The van der Waals surface area contributed by atoms with Crippen LogP contribution in [0.3, 0.4) is 0 Å². The maximum absolute atomic E-state index is 11.8. The smallest absolute Gasteiger partial charge is 0.307 e. The molecule has 0 heterocycles. The maximum Gasteiger partial charge on any atom is 0.307 e. The Labute approximate surface area is 95.7 Å². The number of carboxylic acids is 1. The summed E-state index contributed by atoms with van der Waals surface area (Å²) in [4.78, 5) is 22.8. The number of carbonyl (C=O) groups is 2. The summed E-state index contributed by atoms with van der Waals surface area (Å²) >= 11 is 0. The quantitative estimate of drug-likeness (QED) is 0.711. The Morgan fingerprint density at radius 1 is 1.31 bits per heavy atom. The van der Waals surface area contributed by atoms with Crippen molar-refractivity contribution in [3.8, 4) is 0 Å². The number of carboxylic acid groups (broad SMARTS) is 1. The molecule has 0 fully saturated rings. The second-order valence-electron chi connectivity index (χ2n) is 4.63. The van der Waals surface area contributed by atoms with Crippen molar-refractivity contribution in [1.82, 2.24) is 5.32 Å². The molecule has 0 aromatic heterocycles. The second-order valence-corrected chi connectivity index (χ2v) is 4.63. The van der Waals surface area contributed by atoms with E-state index in [1.165, 1.54) is 0 Å². The molecule has 90 valence electrons. The van der Waals surface area contributed by atoms with Gasteiger partial charge < -0.3 is 10.4 Å². The van der Waals surface area contributed by atoms with Crippen molar-refractivity contribution in [3.05, 3.63) is 12.2 Å². The molecule has 0 aromatic rings. The topological polar surface area (TPSA) is 66.4 Å². The monoisotopic (exact) mass is 225 g/mol. The van der Waals surface area contributed by atoms with Gasteiger partial charge in [-0.1, -0.05) is 26.0 Å². The number of allylic oxidation sites excluding steroid dienone is 2. The zero-order valence-corrected chi connectivity index (χ0v) is 9.77. The first-order chi connectivity index (χ1) is 7.52. The lowest BCUT2D eigenvalue weighted by Gasteiger charge is -2.24. The van der Waals surface area contributed by atoms with Crippen LogP contribution in [0.25, 0.3) is 0 Å². The summed E-state index contributed by atoms with van der Waals surface area (Å²) in [6.45, 7) is 4.62. The van der Waals surface area contributed by atoms with E-state index in [2.05, 4.69) is 5.32 Å². The molecule has 1 amide bonds. The van der Waals surface area contributed by atoms with E-state index in [1.54, 1.807) is 0 Å². The van der Waals surface area contributed by atoms with Gasteiger partial charge in [0.15, 0.2) is 0 Å². The SMILES string of the molecule is CC(C)CNC(=O)[C@H]1CC=CC[C@@H]1C(=O)O. The van der Waals surface area contributed by atoms with Crippen LogP contribution in [0, 0.1) is 17.8 Å². The Morgan fingerprint density at radius 3 is 2.38 bits per heavy atom. The summed E-state index contributed by atoms with van der Waals surface area (Å²) in [6, 6.07) is 0. The first kappa shape index (κ1) is 12.7. The number of amides is 1. The third kappa shape index (κ3) is 3.36. The number of hydrogen-bond donors (Lipinski definition) is 2. The van der Waals surface area contributed by atoms with Gasteiger partial charge in [0.2, 0.25) is 5.91 Å². The lowest BCUT2D eigenvalue weighted by molar-refractivity contribution is -0.147. The third-order valence-electron chi connectivity index (χ3n) is 2.77. The number of nitrogens with one attached hydrogen (secondary N) is 1. The molecule has 0 radical (unpaired) electrons. The molecule has 0 aliphatic heterocycles. The van der Waals surface area contributed by atoms with Gasteiger partial charge in [-0.25, -0.2) is 0 Å². The molecule has 1 aliphatic rings. The molecule has 1 rings (SSSR count). The van der Waals surface area contributed by atoms with E-state index in [-0.39, 0.29) is 5.91 Å². The van der Waals surface area contributed by atoms with Crippen LogP contribution in [0.5, 0.6) is 0 Å². The minimum Gasteiger partial charge on any atom is -0.481 e. The average molecular weight is 225 g/mol. The lowest BCUT2D eigenvalue weighted by Crippen LogP contribution is -2.40. The van der Waals surface area contributed by atoms with Crippen LogP contribution in [0.15, 0.2) is 12.2 Å². The molecule has 0 saturated heterocycles. The molecular formula is C12H19NO3. The van der Waals surface area contributed by atoms with E-state index >= 15 is 0 Å². The highest BCUT2D eigenvalue weighted by Gasteiger charge is 2.33. The van der Waals surface area contributed by atoms with Crippen molar-refractivity contribution in [2.24, 2.45) is 17.8 Å². The van der Waals surface area contributed by atoms with Gasteiger partial charge in [-0.15, -0.1) is 0 Å². The standard InChI is InChI=1S/C12H19NO3/c1-8(2)7-13-11(14)9-5-3-4-6-10(9)12(15)16/h3-4,8-10H,5-7H2,1-2H3,(H,13,14)(H,15,16)/t9-,10-/m0/s1. The van der Waals surface area contributed by atoms with Crippen LogP contribution >= 0.6 is 0 Å². The van der Waals surface area contributed by atoms with Gasteiger partial charge in [-0.2, -0.15) is 0 Å². The lowest BCUT2D eigenvalue weighted by atomic mass is 9.82. The summed E-state index contributed by atoms with van der Waals surface area (Å²) in [5.41, 5.74) is 0. The molecule has 0 bridgehead atoms. The fraction of sp³-hybridized carbons (Fsp3) is 0.667. The van der Waals surface area contributed by atoms with Crippen molar-refractivity contribution in [2.45, 2.75) is 26.7 Å². The molecule has 0 saturated carbocycles. The van der Waals surface area contributed by atoms with E-state index < -0.39 is 17.8 Å². The predicted molar refractivity (Wildman–Crippen MR) is 60.8 cm³/mol. The van der Waals surface area contributed by atoms with Crippen LogP contribution in [0.4, 0.5) is 0 Å². The molecule has 2 atom stereocenters. The molecule has 0 unspecified atom stereocenters. The van der Waals surface area contributed by atoms with Crippen LogP contribution in [0.1, 0.15) is 26.7 Å². The van der Waals surface area contributed by atoms with Gasteiger partial charge in [-0.3, -0.25) is 9.59 Å². The van der Waals surface area contributed by atoms with Gasteiger partial charge in [0.1, 0.15) is 0 Å². The number of carbonyl (C=O) groups excluding carboxylic acids is 1. The first-order valence-electron chi connectivity index (χ1n) is 5.68. The molecular weight excluding hydrogens is 206 g/mol. The van der Waals surface area contributed by atoms with Crippen molar-refractivity contribution in [3.63, 3.8) is 0 Å². The minimum atomic E-state index is -0.881. The normalized spacial score (nSPS) is 24.4. The fourth-order valence-electron chi connectivity index (χ4n) is 1.81. The van der Waals surface area contributed by atoms with Crippen LogP contribution in [0.2, 0.25) is 0 Å². The summed E-state index contributed by atoms with van der Waals surface area (Å²) < 4.78 is 0. The summed E-state index contributed by atoms with van der Waals surface area (Å²) in [6.07, 6.45) is 4.71. The predicted octanol–water partition coefficient (Wildman–Crippen LogP) is 1.43. The van der Waals surface area contributed by atoms with Crippen molar-refractivity contribution >= 4 is 11.9 Å². The second kappa shape index (κ2) is 5.68. The van der Waals surface area contributed by atoms with E-state index in [0.717, 1.165) is 0 Å². The van der Waals surface area contributed by atoms with E-state index in [1.807, 2.05) is 26.0 Å². The largest absolute Gasteiger partial charge is 0.481 e. The average Bonchev–Trinajstić information content (AvgIpc) is 2.25. The molecule has 0 spiro atoms. The minimum absolute atomic E-state index is 0.134. The van der Waals surface area contributed by atoms with E-state index in [4.69, 9.17) is 5.11 Å². The fourth-order valence-corrected chi connectivity index (χ4v) is 1.81. The van der Waals surface area contributed by atoms with Gasteiger partial charge in [0.05, 0.1) is 11.8 Å². The number of rotatable bonds is 4. The number of aliphatic carboxylic acids is 1. The molecule has 4 nitrogen and oxygen atoms in total. The molecule has 2 N–H and O–H groups in total. The van der Waals surface area contributed by atoms with Gasteiger partial charge in [-0.05, 0) is 18.8 Å². The van der Waals surface area contributed by atoms with Gasteiger partial charge in [0.25, 0.3) is 0 Å². The number of hydrogen-bond acceptors (Lipinski definition) is 2. The summed E-state index contributed by atoms with van der Waals surface area (Å²) in [7, 11) is 0. The van der Waals surface area contributed by atoms with Gasteiger partial charge in [0, 0.05) is 6.54 Å². The van der Waals surface area contributed by atoms with Crippen molar-refractivity contribution in [1.29, 1.82) is 0 Å². The summed E-state index contributed by atoms with van der Waals surface area (Å²) in [5, 5.41) is 11.8. The highest BCUT2D eigenvalue weighted by atomic mass is 16.4. The van der Waals surface area contributed by atoms with Crippen LogP contribution in [-0.4, -0.2) is 23.5 Å². The Balaban J connectivity index is 2.58. The summed E-state index contributed by atoms with van der Waals surface area (Å²) in [5.74, 6) is -1.62. The highest BCUT2D eigenvalue weighted by molar-refractivity contribution is 5.85. The Hall–Kier alpha value is -1.32. The van der Waals surface area contributed by atoms with Crippen LogP contribution < -0.4 is 5.32 Å². The van der Waals surface area contributed by atoms with E-state index in [9.17, 15) is 9.59 Å². The molecule has 4 heteroatoms. The molecule has 1 aliphatic carbocycles. The Kier molecular flexibility index (Phi) is 4.52. The molecule has 16 heavy (non-hydrogen) atoms. The Bertz CT molecular complexity index is 297. The molecule has 0 aromatic carbocycles.